The van der Waals surface area contributed by atoms with Crippen molar-refractivity contribution in [3.63, 3.8) is 0 Å². The van der Waals surface area contributed by atoms with E-state index >= 15 is 0 Å². The lowest BCUT2D eigenvalue weighted by Crippen LogP contribution is -2.26. The number of methoxy groups -OCH3 is 1. The van der Waals surface area contributed by atoms with E-state index in [0.29, 0.717) is 31.6 Å². The Morgan fingerprint density at radius 3 is 2.70 bits per heavy atom. The number of carbonyl (C=O) groups is 1. The average molecular weight is 316 g/mol. The van der Waals surface area contributed by atoms with Crippen LogP contribution in [0.3, 0.4) is 0 Å². The third kappa shape index (κ3) is 4.66. The van der Waals surface area contributed by atoms with Crippen LogP contribution in [0.2, 0.25) is 0 Å². The quantitative estimate of drug-likeness (QED) is 0.770. The van der Waals surface area contributed by atoms with Crippen LogP contribution in [0.1, 0.15) is 29.5 Å². The van der Waals surface area contributed by atoms with E-state index < -0.39 is 0 Å². The maximum absolute atomic E-state index is 12.1. The summed E-state index contributed by atoms with van der Waals surface area (Å²) >= 11 is 0. The van der Waals surface area contributed by atoms with Gasteiger partial charge in [-0.25, -0.2) is 0 Å². The van der Waals surface area contributed by atoms with Crippen molar-refractivity contribution in [3.8, 4) is 0 Å². The van der Waals surface area contributed by atoms with Gasteiger partial charge in [0.15, 0.2) is 0 Å². The molecule has 0 aliphatic heterocycles. The number of hydrogen-bond donors (Lipinski definition) is 2. The Balaban J connectivity index is 2.03. The minimum atomic E-state index is -0.118. The number of hydrogen-bond acceptors (Lipinski definition) is 3. The zero-order chi connectivity index (χ0) is 16.8. The van der Waals surface area contributed by atoms with Crippen LogP contribution in [-0.2, 0) is 16.0 Å². The van der Waals surface area contributed by atoms with E-state index in [1.165, 1.54) is 5.56 Å². The molecule has 0 aliphatic rings. The van der Waals surface area contributed by atoms with Crippen molar-refractivity contribution in [2.75, 3.05) is 20.3 Å². The molecule has 0 bridgehead atoms. The highest BCUT2D eigenvalue weighted by Gasteiger charge is 2.07. The Bertz CT molecular complexity index is 750. The number of aromatic nitrogens is 1. The molecule has 5 nitrogen and oxygen atoms in total. The maximum atomic E-state index is 12.1. The first-order chi connectivity index (χ1) is 11.0. The molecule has 0 atom stereocenters. The molecule has 5 heteroatoms. The van der Waals surface area contributed by atoms with Gasteiger partial charge < -0.3 is 15.0 Å². The van der Waals surface area contributed by atoms with Crippen molar-refractivity contribution < 1.29 is 9.53 Å². The summed E-state index contributed by atoms with van der Waals surface area (Å²) in [6.45, 7) is 5.30. The molecule has 0 saturated heterocycles. The predicted octanol–water partition coefficient (Wildman–Crippen LogP) is 2.23. The van der Waals surface area contributed by atoms with Crippen LogP contribution in [0, 0.1) is 13.8 Å². The van der Waals surface area contributed by atoms with Crippen molar-refractivity contribution in [1.82, 2.24) is 10.3 Å². The number of fused-ring (bicyclic) bond motifs is 1. The van der Waals surface area contributed by atoms with Crippen LogP contribution < -0.4 is 10.9 Å². The Morgan fingerprint density at radius 1 is 1.22 bits per heavy atom. The van der Waals surface area contributed by atoms with E-state index in [9.17, 15) is 9.59 Å². The molecule has 0 saturated carbocycles. The predicted molar refractivity (Wildman–Crippen MR) is 91.9 cm³/mol. The molecule has 0 aliphatic carbocycles. The van der Waals surface area contributed by atoms with Crippen molar-refractivity contribution in [3.05, 3.63) is 45.2 Å². The fourth-order valence-electron chi connectivity index (χ4n) is 2.49. The van der Waals surface area contributed by atoms with Gasteiger partial charge in [-0.1, -0.05) is 0 Å². The second-order valence-corrected chi connectivity index (χ2v) is 5.84. The number of ether oxygens (including phenoxy) is 1. The standard InChI is InChI=1S/C18H24N2O3/c1-12-9-15-11-14(18(22)20-16(15)10-13(12)2)5-6-17(21)19-7-4-8-23-3/h9-11H,4-8H2,1-3H3,(H,19,21)(H,20,22). The molecule has 1 heterocycles. The first-order valence-electron chi connectivity index (χ1n) is 7.90. The highest BCUT2D eigenvalue weighted by Crippen LogP contribution is 2.17. The second-order valence-electron chi connectivity index (χ2n) is 5.84. The topological polar surface area (TPSA) is 71.2 Å². The zero-order valence-corrected chi connectivity index (χ0v) is 14.0. The lowest BCUT2D eigenvalue weighted by atomic mass is 10.0. The summed E-state index contributed by atoms with van der Waals surface area (Å²) in [5.74, 6) is -0.0410. The molecule has 1 amide bonds. The van der Waals surface area contributed by atoms with E-state index in [1.807, 2.05) is 26.0 Å². The summed E-state index contributed by atoms with van der Waals surface area (Å²) in [5.41, 5.74) is 3.70. The summed E-state index contributed by atoms with van der Waals surface area (Å²) in [7, 11) is 1.64. The molecule has 0 radical (unpaired) electrons. The third-order valence-corrected chi connectivity index (χ3v) is 4.00. The van der Waals surface area contributed by atoms with Crippen LogP contribution in [-0.4, -0.2) is 31.2 Å². The Hall–Kier alpha value is -2.14. The Kier molecular flexibility index (Phi) is 5.93. The fourth-order valence-corrected chi connectivity index (χ4v) is 2.49. The lowest BCUT2D eigenvalue weighted by molar-refractivity contribution is -0.121. The van der Waals surface area contributed by atoms with Gasteiger partial charge in [-0.2, -0.15) is 0 Å². The van der Waals surface area contributed by atoms with Crippen molar-refractivity contribution in [1.29, 1.82) is 0 Å². The Morgan fingerprint density at radius 2 is 1.96 bits per heavy atom. The van der Waals surface area contributed by atoms with Gasteiger partial charge in [0.05, 0.1) is 0 Å². The van der Waals surface area contributed by atoms with Gasteiger partial charge in [0, 0.05) is 37.8 Å². The van der Waals surface area contributed by atoms with Crippen molar-refractivity contribution >= 4 is 16.8 Å². The molecular weight excluding hydrogens is 292 g/mol. The van der Waals surface area contributed by atoms with Gasteiger partial charge in [0.2, 0.25) is 5.91 Å². The molecule has 0 fully saturated rings. The summed E-state index contributed by atoms with van der Waals surface area (Å²) in [6.07, 6.45) is 1.54. The van der Waals surface area contributed by atoms with Gasteiger partial charge in [-0.15, -0.1) is 0 Å². The smallest absolute Gasteiger partial charge is 0.251 e. The van der Waals surface area contributed by atoms with E-state index in [-0.39, 0.29) is 11.5 Å². The van der Waals surface area contributed by atoms with Crippen LogP contribution in [0.5, 0.6) is 0 Å². The molecule has 1 aromatic carbocycles. The first kappa shape index (κ1) is 17.2. The van der Waals surface area contributed by atoms with Gasteiger partial charge in [0.1, 0.15) is 0 Å². The van der Waals surface area contributed by atoms with E-state index in [1.54, 1.807) is 7.11 Å². The minimum absolute atomic E-state index is 0.0410. The van der Waals surface area contributed by atoms with E-state index in [2.05, 4.69) is 16.4 Å². The van der Waals surface area contributed by atoms with E-state index in [4.69, 9.17) is 4.74 Å². The number of benzene rings is 1. The molecule has 2 aromatic rings. The maximum Gasteiger partial charge on any atom is 0.251 e. The fraction of sp³-hybridized carbons (Fsp3) is 0.444. The van der Waals surface area contributed by atoms with Crippen molar-refractivity contribution in [2.24, 2.45) is 0 Å². The Labute approximate surface area is 136 Å². The van der Waals surface area contributed by atoms with Gasteiger partial charge in [-0.3, -0.25) is 9.59 Å². The minimum Gasteiger partial charge on any atom is -0.385 e. The number of aromatic amines is 1. The molecule has 0 spiro atoms. The molecule has 2 N–H and O–H groups in total. The average Bonchev–Trinajstić information content (AvgIpc) is 2.51. The second kappa shape index (κ2) is 7.92. The third-order valence-electron chi connectivity index (χ3n) is 4.00. The number of carbonyl (C=O) groups excluding carboxylic acids is 1. The highest BCUT2D eigenvalue weighted by atomic mass is 16.5. The molecule has 0 unspecified atom stereocenters. The SMILES string of the molecule is COCCCNC(=O)CCc1cc2cc(C)c(C)cc2[nH]c1=O. The number of H-pyrrole nitrogens is 1. The molecular formula is C18H24N2O3. The zero-order valence-electron chi connectivity index (χ0n) is 14.0. The monoisotopic (exact) mass is 316 g/mol. The van der Waals surface area contributed by atoms with Gasteiger partial charge >= 0.3 is 0 Å². The summed E-state index contributed by atoms with van der Waals surface area (Å²) in [5, 5.41) is 3.83. The summed E-state index contributed by atoms with van der Waals surface area (Å²) in [4.78, 5) is 26.8. The first-order valence-corrected chi connectivity index (χ1v) is 7.90. The normalized spacial score (nSPS) is 10.9. The number of nitrogens with one attached hydrogen (secondary N) is 2. The van der Waals surface area contributed by atoms with Crippen LogP contribution >= 0.6 is 0 Å². The van der Waals surface area contributed by atoms with Crippen LogP contribution in [0.4, 0.5) is 0 Å². The van der Waals surface area contributed by atoms with Crippen LogP contribution in [0.25, 0.3) is 10.9 Å². The lowest BCUT2D eigenvalue weighted by Gasteiger charge is -2.07. The number of pyridine rings is 1. The van der Waals surface area contributed by atoms with E-state index in [0.717, 1.165) is 22.9 Å². The molecule has 124 valence electrons. The number of aryl methyl sites for hydroxylation is 3. The number of rotatable bonds is 7. The largest absolute Gasteiger partial charge is 0.385 e. The van der Waals surface area contributed by atoms with Gasteiger partial charge in [0.25, 0.3) is 5.56 Å². The van der Waals surface area contributed by atoms with Crippen LogP contribution in [0.15, 0.2) is 23.0 Å². The highest BCUT2D eigenvalue weighted by molar-refractivity contribution is 5.81. The van der Waals surface area contributed by atoms with Gasteiger partial charge in [-0.05, 0) is 61.4 Å². The molecule has 1 aromatic heterocycles. The molecule has 23 heavy (non-hydrogen) atoms. The molecule has 2 rings (SSSR count). The number of amides is 1. The summed E-state index contributed by atoms with van der Waals surface area (Å²) < 4.78 is 4.93. The summed E-state index contributed by atoms with van der Waals surface area (Å²) in [6, 6.07) is 5.94. The van der Waals surface area contributed by atoms with Crippen molar-refractivity contribution in [2.45, 2.75) is 33.1 Å².